The van der Waals surface area contributed by atoms with Crippen LogP contribution in [0.2, 0.25) is 0 Å². The summed E-state index contributed by atoms with van der Waals surface area (Å²) >= 11 is 0. The van der Waals surface area contributed by atoms with Crippen molar-refractivity contribution >= 4 is 5.82 Å². The third-order valence-corrected chi connectivity index (χ3v) is 4.26. The summed E-state index contributed by atoms with van der Waals surface area (Å²) in [7, 11) is 0. The smallest absolute Gasteiger partial charge is 0.128 e. The average molecular weight is 216 g/mol. The van der Waals surface area contributed by atoms with Gasteiger partial charge in [0.15, 0.2) is 0 Å². The van der Waals surface area contributed by atoms with Crippen LogP contribution in [-0.2, 0) is 0 Å². The van der Waals surface area contributed by atoms with Crippen molar-refractivity contribution in [3.8, 4) is 0 Å². The molecular formula is C14H20N2. The van der Waals surface area contributed by atoms with E-state index in [2.05, 4.69) is 42.8 Å². The molecular weight excluding hydrogens is 196 g/mol. The van der Waals surface area contributed by atoms with Crippen molar-refractivity contribution in [1.29, 1.82) is 0 Å². The van der Waals surface area contributed by atoms with E-state index in [0.29, 0.717) is 0 Å². The van der Waals surface area contributed by atoms with Gasteiger partial charge in [-0.2, -0.15) is 0 Å². The van der Waals surface area contributed by atoms with Crippen LogP contribution in [0.3, 0.4) is 0 Å². The molecule has 0 spiro atoms. The first-order valence-corrected chi connectivity index (χ1v) is 6.34. The van der Waals surface area contributed by atoms with E-state index in [9.17, 15) is 0 Å². The molecule has 2 aliphatic rings. The predicted octanol–water partition coefficient (Wildman–Crippen LogP) is 2.73. The molecule has 2 atom stereocenters. The number of pyridine rings is 1. The van der Waals surface area contributed by atoms with Crippen LogP contribution < -0.4 is 4.90 Å². The molecule has 1 aromatic heterocycles. The number of aryl methyl sites for hydroxylation is 1. The summed E-state index contributed by atoms with van der Waals surface area (Å²) < 4.78 is 0. The van der Waals surface area contributed by atoms with Crippen LogP contribution in [0.15, 0.2) is 18.3 Å². The topological polar surface area (TPSA) is 16.1 Å². The van der Waals surface area contributed by atoms with Gasteiger partial charge in [0.25, 0.3) is 0 Å². The van der Waals surface area contributed by atoms with Gasteiger partial charge in [0, 0.05) is 19.3 Å². The number of rotatable bonds is 2. The van der Waals surface area contributed by atoms with E-state index < -0.39 is 0 Å². The van der Waals surface area contributed by atoms with Crippen LogP contribution in [0.4, 0.5) is 5.82 Å². The Morgan fingerprint density at radius 1 is 1.31 bits per heavy atom. The van der Waals surface area contributed by atoms with Crippen LogP contribution in [0, 0.1) is 30.6 Å². The van der Waals surface area contributed by atoms with Gasteiger partial charge in [-0.3, -0.25) is 0 Å². The molecule has 1 saturated heterocycles. The Morgan fingerprint density at radius 2 is 2.00 bits per heavy atom. The van der Waals surface area contributed by atoms with Crippen molar-refractivity contribution in [2.24, 2.45) is 23.7 Å². The number of nitrogens with zero attached hydrogens (tertiary/aromatic N) is 2. The van der Waals surface area contributed by atoms with Gasteiger partial charge in [-0.15, -0.1) is 0 Å². The fourth-order valence-corrected chi connectivity index (χ4v) is 3.44. The first-order valence-electron chi connectivity index (χ1n) is 6.34. The minimum Gasteiger partial charge on any atom is -0.356 e. The maximum absolute atomic E-state index is 4.47. The molecule has 3 rings (SSSR count). The molecule has 16 heavy (non-hydrogen) atoms. The zero-order valence-corrected chi connectivity index (χ0v) is 10.4. The van der Waals surface area contributed by atoms with Crippen LogP contribution in [0.25, 0.3) is 0 Å². The molecule has 1 aliphatic heterocycles. The van der Waals surface area contributed by atoms with E-state index in [1.807, 2.05) is 6.20 Å². The Balaban J connectivity index is 1.69. The van der Waals surface area contributed by atoms with Gasteiger partial charge in [-0.25, -0.2) is 4.98 Å². The summed E-state index contributed by atoms with van der Waals surface area (Å²) in [6.45, 7) is 9.31. The van der Waals surface area contributed by atoms with Gasteiger partial charge in [0.1, 0.15) is 5.82 Å². The van der Waals surface area contributed by atoms with E-state index in [1.54, 1.807) is 0 Å². The first-order chi connectivity index (χ1) is 7.66. The Bertz CT molecular complexity index is 387. The second kappa shape index (κ2) is 3.47. The Labute approximate surface area is 97.7 Å². The van der Waals surface area contributed by atoms with E-state index in [-0.39, 0.29) is 0 Å². The van der Waals surface area contributed by atoms with Gasteiger partial charge in [0.05, 0.1) is 0 Å². The minimum atomic E-state index is 0.864. The third-order valence-electron chi connectivity index (χ3n) is 4.26. The molecule has 0 N–H and O–H groups in total. The van der Waals surface area contributed by atoms with Crippen molar-refractivity contribution in [3.63, 3.8) is 0 Å². The lowest BCUT2D eigenvalue weighted by Gasteiger charge is -2.22. The number of fused-ring (bicyclic) bond motifs is 1. The van der Waals surface area contributed by atoms with Crippen LogP contribution >= 0.6 is 0 Å². The fraction of sp³-hybridized carbons (Fsp3) is 0.643. The molecule has 0 radical (unpaired) electrons. The Morgan fingerprint density at radius 3 is 2.56 bits per heavy atom. The second-order valence-electron chi connectivity index (χ2n) is 5.75. The summed E-state index contributed by atoms with van der Waals surface area (Å²) in [5, 5.41) is 0. The maximum Gasteiger partial charge on any atom is 0.128 e. The van der Waals surface area contributed by atoms with Crippen molar-refractivity contribution in [1.82, 2.24) is 4.98 Å². The molecule has 2 heteroatoms. The SMILES string of the molecule is Cc1ccnc(N2CC3C(C2)C3C(C)C)c1. The molecule has 2 nitrogen and oxygen atoms in total. The molecule has 2 heterocycles. The maximum atomic E-state index is 4.47. The summed E-state index contributed by atoms with van der Waals surface area (Å²) in [6.07, 6.45) is 1.93. The monoisotopic (exact) mass is 216 g/mol. The molecule has 2 unspecified atom stereocenters. The summed E-state index contributed by atoms with van der Waals surface area (Å²) in [5.74, 6) is 4.92. The van der Waals surface area contributed by atoms with Gasteiger partial charge in [-0.1, -0.05) is 13.8 Å². The van der Waals surface area contributed by atoms with Crippen LogP contribution in [-0.4, -0.2) is 18.1 Å². The van der Waals surface area contributed by atoms with Gasteiger partial charge in [0.2, 0.25) is 0 Å². The molecule has 0 amide bonds. The van der Waals surface area contributed by atoms with Crippen molar-refractivity contribution in [2.75, 3.05) is 18.0 Å². The highest BCUT2D eigenvalue weighted by Crippen LogP contribution is 2.55. The van der Waals surface area contributed by atoms with Crippen molar-refractivity contribution < 1.29 is 0 Å². The van der Waals surface area contributed by atoms with Gasteiger partial charge in [-0.05, 0) is 48.3 Å². The lowest BCUT2D eigenvalue weighted by Crippen LogP contribution is -2.25. The molecule has 1 aliphatic carbocycles. The van der Waals surface area contributed by atoms with Crippen molar-refractivity contribution in [3.05, 3.63) is 23.9 Å². The average Bonchev–Trinajstić information content (AvgIpc) is 2.75. The lowest BCUT2D eigenvalue weighted by molar-refractivity contribution is 0.479. The van der Waals surface area contributed by atoms with Gasteiger partial charge < -0.3 is 4.90 Å². The zero-order valence-electron chi connectivity index (χ0n) is 10.4. The van der Waals surface area contributed by atoms with E-state index in [1.165, 1.54) is 24.5 Å². The molecule has 1 aromatic rings. The molecule has 0 bridgehead atoms. The van der Waals surface area contributed by atoms with Gasteiger partial charge >= 0.3 is 0 Å². The standard InChI is InChI=1S/C14H20N2/c1-9(2)14-11-7-16(8-12(11)14)13-6-10(3)4-5-15-13/h4-6,9,11-12,14H,7-8H2,1-3H3. The van der Waals surface area contributed by atoms with E-state index in [0.717, 1.165) is 23.7 Å². The summed E-state index contributed by atoms with van der Waals surface area (Å²) in [5.41, 5.74) is 1.31. The number of anilines is 1. The highest BCUT2D eigenvalue weighted by atomic mass is 15.2. The number of aromatic nitrogens is 1. The number of piperidine rings is 1. The zero-order chi connectivity index (χ0) is 11.3. The fourth-order valence-electron chi connectivity index (χ4n) is 3.44. The normalized spacial score (nSPS) is 32.0. The Hall–Kier alpha value is -1.05. The van der Waals surface area contributed by atoms with Crippen LogP contribution in [0.5, 0.6) is 0 Å². The van der Waals surface area contributed by atoms with Crippen molar-refractivity contribution in [2.45, 2.75) is 20.8 Å². The summed E-state index contributed by atoms with van der Waals surface area (Å²) in [4.78, 5) is 6.93. The number of hydrogen-bond acceptors (Lipinski definition) is 2. The molecule has 86 valence electrons. The second-order valence-corrected chi connectivity index (χ2v) is 5.75. The molecule has 2 fully saturated rings. The molecule has 0 aromatic carbocycles. The highest BCUT2D eigenvalue weighted by Gasteiger charge is 2.56. The van der Waals surface area contributed by atoms with E-state index >= 15 is 0 Å². The first kappa shape index (κ1) is 10.1. The minimum absolute atomic E-state index is 0.864. The predicted molar refractivity (Wildman–Crippen MR) is 66.5 cm³/mol. The summed E-state index contributed by atoms with van der Waals surface area (Å²) in [6, 6.07) is 4.27. The van der Waals surface area contributed by atoms with E-state index in [4.69, 9.17) is 0 Å². The number of hydrogen-bond donors (Lipinski definition) is 0. The third kappa shape index (κ3) is 1.51. The molecule has 1 saturated carbocycles. The lowest BCUT2D eigenvalue weighted by atomic mass is 10.0. The van der Waals surface area contributed by atoms with Crippen LogP contribution in [0.1, 0.15) is 19.4 Å². The highest BCUT2D eigenvalue weighted by molar-refractivity contribution is 5.44. The Kier molecular flexibility index (Phi) is 2.20. The largest absolute Gasteiger partial charge is 0.356 e. The quantitative estimate of drug-likeness (QED) is 0.755.